The fourth-order valence-electron chi connectivity index (χ4n) is 2.45. The van der Waals surface area contributed by atoms with Crippen molar-refractivity contribution < 1.29 is 9.53 Å². The molecule has 2 aromatic carbocycles. The van der Waals surface area contributed by atoms with E-state index in [1.807, 2.05) is 18.2 Å². The first-order valence-electron chi connectivity index (χ1n) is 7.99. The van der Waals surface area contributed by atoms with Crippen molar-refractivity contribution in [2.75, 3.05) is 13.7 Å². The third-order valence-electron chi connectivity index (χ3n) is 3.78. The zero-order valence-corrected chi connectivity index (χ0v) is 15.6. The Hall–Kier alpha value is -2.50. The fraction of sp³-hybridized carbons (Fsp3) is 0.158. The van der Waals surface area contributed by atoms with Crippen LogP contribution in [0.1, 0.15) is 11.4 Å². The molecule has 2 N–H and O–H groups in total. The van der Waals surface area contributed by atoms with Gasteiger partial charge in [0.1, 0.15) is 11.6 Å². The molecule has 1 heterocycles. The topological polar surface area (TPSA) is 67.0 Å². The SMILES string of the molecule is COc1ccc2nc(CCNC(=O)/C=C/c3ccc(Cl)cc3Cl)[nH]c2c1. The number of ether oxygens (including phenoxy) is 1. The molecule has 0 unspecified atom stereocenters. The summed E-state index contributed by atoms with van der Waals surface area (Å²) < 4.78 is 5.19. The smallest absolute Gasteiger partial charge is 0.244 e. The molecular formula is C19H17Cl2N3O2. The van der Waals surface area contributed by atoms with Crippen LogP contribution in [0.2, 0.25) is 10.0 Å². The number of nitrogens with zero attached hydrogens (tertiary/aromatic N) is 1. The quantitative estimate of drug-likeness (QED) is 0.619. The van der Waals surface area contributed by atoms with Gasteiger partial charge in [-0.2, -0.15) is 0 Å². The number of halogens is 2. The second kappa shape index (κ2) is 8.25. The predicted octanol–water partition coefficient (Wildman–Crippen LogP) is 4.25. The van der Waals surface area contributed by atoms with Crippen LogP contribution in [0.3, 0.4) is 0 Å². The van der Waals surface area contributed by atoms with Gasteiger partial charge in [0, 0.05) is 35.2 Å². The van der Waals surface area contributed by atoms with E-state index < -0.39 is 0 Å². The summed E-state index contributed by atoms with van der Waals surface area (Å²) >= 11 is 11.9. The van der Waals surface area contributed by atoms with Crippen molar-refractivity contribution in [2.24, 2.45) is 0 Å². The average Bonchev–Trinajstić information content (AvgIpc) is 3.02. The number of hydrogen-bond donors (Lipinski definition) is 2. The summed E-state index contributed by atoms with van der Waals surface area (Å²) in [4.78, 5) is 19.6. The van der Waals surface area contributed by atoms with Gasteiger partial charge in [-0.15, -0.1) is 0 Å². The summed E-state index contributed by atoms with van der Waals surface area (Å²) in [6, 6.07) is 10.8. The summed E-state index contributed by atoms with van der Waals surface area (Å²) in [5.41, 5.74) is 2.50. The van der Waals surface area contributed by atoms with Crippen LogP contribution in [0.4, 0.5) is 0 Å². The largest absolute Gasteiger partial charge is 0.497 e. The zero-order valence-electron chi connectivity index (χ0n) is 14.1. The number of rotatable bonds is 6. The first-order chi connectivity index (χ1) is 12.5. The van der Waals surface area contributed by atoms with E-state index in [9.17, 15) is 4.79 Å². The van der Waals surface area contributed by atoms with Gasteiger partial charge in [-0.3, -0.25) is 4.79 Å². The minimum Gasteiger partial charge on any atom is -0.497 e. The van der Waals surface area contributed by atoms with Crippen molar-refractivity contribution in [1.82, 2.24) is 15.3 Å². The van der Waals surface area contributed by atoms with Gasteiger partial charge >= 0.3 is 0 Å². The maximum absolute atomic E-state index is 11.9. The Kier molecular flexibility index (Phi) is 5.81. The molecule has 0 aliphatic heterocycles. The van der Waals surface area contributed by atoms with Gasteiger partial charge in [0.25, 0.3) is 0 Å². The third-order valence-corrected chi connectivity index (χ3v) is 4.34. The highest BCUT2D eigenvalue weighted by Gasteiger charge is 2.05. The molecule has 1 aromatic heterocycles. The van der Waals surface area contributed by atoms with Crippen molar-refractivity contribution in [2.45, 2.75) is 6.42 Å². The molecule has 0 fully saturated rings. The molecule has 3 aromatic rings. The lowest BCUT2D eigenvalue weighted by molar-refractivity contribution is -0.116. The van der Waals surface area contributed by atoms with E-state index in [0.29, 0.717) is 23.0 Å². The summed E-state index contributed by atoms with van der Waals surface area (Å²) in [6.07, 6.45) is 3.69. The van der Waals surface area contributed by atoms with Gasteiger partial charge in [-0.25, -0.2) is 4.98 Å². The second-order valence-corrected chi connectivity index (χ2v) is 6.45. The van der Waals surface area contributed by atoms with E-state index >= 15 is 0 Å². The number of hydrogen-bond acceptors (Lipinski definition) is 3. The first-order valence-corrected chi connectivity index (χ1v) is 8.74. The van der Waals surface area contributed by atoms with Crippen molar-refractivity contribution >= 4 is 46.2 Å². The number of carbonyl (C=O) groups is 1. The van der Waals surface area contributed by atoms with Crippen LogP contribution in [0.5, 0.6) is 5.75 Å². The van der Waals surface area contributed by atoms with Crippen LogP contribution in [-0.4, -0.2) is 29.5 Å². The maximum Gasteiger partial charge on any atom is 0.244 e. The first kappa shape index (κ1) is 18.3. The molecule has 3 rings (SSSR count). The lowest BCUT2D eigenvalue weighted by atomic mass is 10.2. The zero-order chi connectivity index (χ0) is 18.5. The number of methoxy groups -OCH3 is 1. The number of H-pyrrole nitrogens is 1. The van der Waals surface area contributed by atoms with Crippen LogP contribution in [0.15, 0.2) is 42.5 Å². The van der Waals surface area contributed by atoms with Crippen molar-refractivity contribution in [3.63, 3.8) is 0 Å². The number of carbonyl (C=O) groups excluding carboxylic acids is 1. The minimum atomic E-state index is -0.200. The van der Waals surface area contributed by atoms with Crippen molar-refractivity contribution in [1.29, 1.82) is 0 Å². The highest BCUT2D eigenvalue weighted by Crippen LogP contribution is 2.22. The van der Waals surface area contributed by atoms with E-state index in [2.05, 4.69) is 15.3 Å². The molecule has 26 heavy (non-hydrogen) atoms. The number of aromatic amines is 1. The molecule has 0 aliphatic carbocycles. The Morgan fingerprint density at radius 1 is 1.27 bits per heavy atom. The second-order valence-electron chi connectivity index (χ2n) is 5.61. The number of imidazole rings is 1. The van der Waals surface area contributed by atoms with Gasteiger partial charge in [-0.05, 0) is 35.9 Å². The van der Waals surface area contributed by atoms with Crippen LogP contribution < -0.4 is 10.1 Å². The Balaban J connectivity index is 1.54. The minimum absolute atomic E-state index is 0.200. The molecule has 0 aliphatic rings. The Morgan fingerprint density at radius 2 is 2.12 bits per heavy atom. The predicted molar refractivity (Wildman–Crippen MR) is 105 cm³/mol. The summed E-state index contributed by atoms with van der Waals surface area (Å²) in [5.74, 6) is 1.37. The molecule has 1 amide bonds. The van der Waals surface area contributed by atoms with Gasteiger partial charge < -0.3 is 15.0 Å². The van der Waals surface area contributed by atoms with Crippen molar-refractivity contribution in [3.05, 3.63) is 63.9 Å². The molecule has 7 heteroatoms. The molecule has 0 spiro atoms. The number of amides is 1. The van der Waals surface area contributed by atoms with Gasteiger partial charge in [0.05, 0.1) is 18.1 Å². The number of nitrogens with one attached hydrogen (secondary N) is 2. The molecule has 0 atom stereocenters. The number of aromatic nitrogens is 2. The maximum atomic E-state index is 11.9. The lowest BCUT2D eigenvalue weighted by Gasteiger charge is -2.01. The summed E-state index contributed by atoms with van der Waals surface area (Å²) in [6.45, 7) is 0.467. The van der Waals surface area contributed by atoms with Gasteiger partial charge in [0.15, 0.2) is 0 Å². The van der Waals surface area contributed by atoms with E-state index in [4.69, 9.17) is 27.9 Å². The standard InChI is InChI=1S/C19H17Cl2N3O2/c1-26-14-5-6-16-17(11-14)24-18(23-16)8-9-22-19(25)7-3-12-2-4-13(20)10-15(12)21/h2-7,10-11H,8-9H2,1H3,(H,22,25)(H,23,24)/b7-3+. The third kappa shape index (κ3) is 4.56. The van der Waals surface area contributed by atoms with Crippen LogP contribution in [-0.2, 0) is 11.2 Å². The molecule has 0 radical (unpaired) electrons. The van der Waals surface area contributed by atoms with E-state index in [0.717, 1.165) is 28.2 Å². The molecule has 134 valence electrons. The van der Waals surface area contributed by atoms with E-state index in [-0.39, 0.29) is 5.91 Å². The summed E-state index contributed by atoms with van der Waals surface area (Å²) in [7, 11) is 1.62. The molecule has 0 saturated carbocycles. The monoisotopic (exact) mass is 389 g/mol. The van der Waals surface area contributed by atoms with Crippen molar-refractivity contribution in [3.8, 4) is 5.75 Å². The van der Waals surface area contributed by atoms with Gasteiger partial charge in [-0.1, -0.05) is 29.3 Å². The fourth-order valence-corrected chi connectivity index (χ4v) is 2.92. The number of fused-ring (bicyclic) bond motifs is 1. The van der Waals surface area contributed by atoms with Crippen LogP contribution in [0, 0.1) is 0 Å². The van der Waals surface area contributed by atoms with E-state index in [1.54, 1.807) is 31.4 Å². The normalized spacial score (nSPS) is 11.2. The highest BCUT2D eigenvalue weighted by molar-refractivity contribution is 6.35. The molecule has 0 bridgehead atoms. The molecule has 0 saturated heterocycles. The van der Waals surface area contributed by atoms with Gasteiger partial charge in [0.2, 0.25) is 5.91 Å². The van der Waals surface area contributed by atoms with Crippen LogP contribution >= 0.6 is 23.2 Å². The summed E-state index contributed by atoms with van der Waals surface area (Å²) in [5, 5.41) is 3.87. The molecule has 5 nitrogen and oxygen atoms in total. The Labute approximate surface area is 161 Å². The van der Waals surface area contributed by atoms with Crippen LogP contribution in [0.25, 0.3) is 17.1 Å². The van der Waals surface area contributed by atoms with E-state index in [1.165, 1.54) is 6.08 Å². The number of benzene rings is 2. The molecular weight excluding hydrogens is 373 g/mol. The lowest BCUT2D eigenvalue weighted by Crippen LogP contribution is -2.23. The Morgan fingerprint density at radius 3 is 2.88 bits per heavy atom. The average molecular weight is 390 g/mol. The highest BCUT2D eigenvalue weighted by atomic mass is 35.5. The Bertz CT molecular complexity index is 967.